The first-order valence-electron chi connectivity index (χ1n) is 12.5. The first-order chi connectivity index (χ1) is 18.6. The molecule has 0 bridgehead atoms. The van der Waals surface area contributed by atoms with E-state index >= 15 is 0 Å². The normalized spacial score (nSPS) is 19.3. The van der Waals surface area contributed by atoms with Gasteiger partial charge in [-0.3, -0.25) is 0 Å². The van der Waals surface area contributed by atoms with Crippen molar-refractivity contribution in [2.75, 3.05) is 32.2 Å². The molecule has 2 aromatic heterocycles. The number of rotatable bonds is 8. The number of nitrogen functional groups attached to an aromatic ring is 1. The van der Waals surface area contributed by atoms with Crippen molar-refractivity contribution in [3.05, 3.63) is 59.2 Å². The maximum Gasteiger partial charge on any atom is 0.270 e. The van der Waals surface area contributed by atoms with Gasteiger partial charge in [0.05, 0.1) is 30.1 Å². The van der Waals surface area contributed by atoms with Crippen LogP contribution in [0.3, 0.4) is 0 Å². The van der Waals surface area contributed by atoms with E-state index in [4.69, 9.17) is 31.2 Å². The molecule has 0 saturated carbocycles. The summed E-state index contributed by atoms with van der Waals surface area (Å²) < 4.78 is 16.8. The number of hydrogen-bond acceptors (Lipinski definition) is 10. The summed E-state index contributed by atoms with van der Waals surface area (Å²) in [5, 5.41) is 13.0. The van der Waals surface area contributed by atoms with Gasteiger partial charge in [-0.2, -0.15) is 0 Å². The Bertz CT molecular complexity index is 1400. The van der Waals surface area contributed by atoms with E-state index in [9.17, 15) is 0 Å². The Kier molecular flexibility index (Phi) is 7.57. The minimum Gasteiger partial charge on any atom is -0.414 e. The van der Waals surface area contributed by atoms with Crippen molar-refractivity contribution >= 4 is 29.2 Å². The van der Waals surface area contributed by atoms with Gasteiger partial charge in [-0.15, -0.1) is 22.0 Å². The fourth-order valence-electron chi connectivity index (χ4n) is 4.39. The lowest BCUT2D eigenvalue weighted by molar-refractivity contribution is 0.190. The van der Waals surface area contributed by atoms with Crippen molar-refractivity contribution in [3.63, 3.8) is 0 Å². The highest BCUT2D eigenvalue weighted by molar-refractivity contribution is 8.00. The zero-order chi connectivity index (χ0) is 25.9. The molecule has 2 saturated heterocycles. The minimum atomic E-state index is 0.207. The number of nitrogens with two attached hydrogens (primary N) is 1. The van der Waals surface area contributed by atoms with E-state index in [-0.39, 0.29) is 11.7 Å². The number of aromatic nitrogens is 4. The second-order valence-electron chi connectivity index (χ2n) is 9.29. The van der Waals surface area contributed by atoms with Crippen LogP contribution in [0.1, 0.15) is 18.4 Å². The average molecular weight is 551 g/mol. The first-order valence-corrected chi connectivity index (χ1v) is 13.8. The Morgan fingerprint density at radius 2 is 1.76 bits per heavy atom. The standard InChI is InChI=1S/C27H27ClN6O3S/c28-21-11-18(5-6-23(21)38-20-8-10-36-15-20)22-13-31-25(29)24(32-22)27-34-33-26(37-27)17-3-1-16(2-4-17)12-30-19-7-9-35-14-19/h1-6,11,13,19-20,30H,7-10,12,14-15H2,(H2,29,31). The number of anilines is 1. The lowest BCUT2D eigenvalue weighted by atomic mass is 10.1. The molecule has 38 heavy (non-hydrogen) atoms. The fraction of sp³-hybridized carbons (Fsp3) is 0.333. The van der Waals surface area contributed by atoms with Gasteiger partial charge in [0.25, 0.3) is 5.89 Å². The molecule has 2 atom stereocenters. The second kappa shape index (κ2) is 11.4. The van der Waals surface area contributed by atoms with Crippen LogP contribution in [0.15, 0.2) is 58.0 Å². The van der Waals surface area contributed by atoms with Gasteiger partial charge < -0.3 is 24.9 Å². The molecule has 4 aromatic rings. The second-order valence-corrected chi connectivity index (χ2v) is 11.0. The van der Waals surface area contributed by atoms with Crippen LogP contribution in [0.5, 0.6) is 0 Å². The molecule has 0 amide bonds. The van der Waals surface area contributed by atoms with Crippen molar-refractivity contribution in [1.82, 2.24) is 25.5 Å². The van der Waals surface area contributed by atoms with Crippen molar-refractivity contribution in [2.24, 2.45) is 0 Å². The summed E-state index contributed by atoms with van der Waals surface area (Å²) in [4.78, 5) is 10.0. The summed E-state index contributed by atoms with van der Waals surface area (Å²) in [6.45, 7) is 3.92. The molecule has 6 rings (SSSR count). The Hall–Kier alpha value is -3.02. The topological polar surface area (TPSA) is 121 Å². The Labute approximate surface area is 229 Å². The molecule has 196 valence electrons. The predicted molar refractivity (Wildman–Crippen MR) is 147 cm³/mol. The third kappa shape index (κ3) is 5.69. The zero-order valence-corrected chi connectivity index (χ0v) is 22.2. The fourth-order valence-corrected chi connectivity index (χ4v) is 5.76. The van der Waals surface area contributed by atoms with Crippen LogP contribution in [0, 0.1) is 0 Å². The largest absolute Gasteiger partial charge is 0.414 e. The number of halogens is 1. The van der Waals surface area contributed by atoms with Crippen LogP contribution in [0.4, 0.5) is 5.82 Å². The molecule has 2 aliphatic heterocycles. The van der Waals surface area contributed by atoms with Crippen LogP contribution in [0.25, 0.3) is 34.3 Å². The highest BCUT2D eigenvalue weighted by Crippen LogP contribution is 2.36. The van der Waals surface area contributed by atoms with Gasteiger partial charge in [0, 0.05) is 47.1 Å². The maximum atomic E-state index is 6.60. The summed E-state index contributed by atoms with van der Waals surface area (Å²) in [6, 6.07) is 14.3. The van der Waals surface area contributed by atoms with Gasteiger partial charge >= 0.3 is 0 Å². The quantitative estimate of drug-likeness (QED) is 0.314. The molecule has 2 unspecified atom stereocenters. The van der Waals surface area contributed by atoms with E-state index in [1.54, 1.807) is 18.0 Å². The van der Waals surface area contributed by atoms with Crippen LogP contribution in [-0.4, -0.2) is 57.9 Å². The molecule has 2 aromatic carbocycles. The first kappa shape index (κ1) is 25.3. The van der Waals surface area contributed by atoms with Gasteiger partial charge in [0.1, 0.15) is 0 Å². The molecule has 11 heteroatoms. The van der Waals surface area contributed by atoms with E-state index in [0.29, 0.717) is 33.6 Å². The van der Waals surface area contributed by atoms with Gasteiger partial charge in [-0.1, -0.05) is 29.8 Å². The van der Waals surface area contributed by atoms with Crippen LogP contribution >= 0.6 is 23.4 Å². The molecular weight excluding hydrogens is 524 g/mol. The lowest BCUT2D eigenvalue weighted by Gasteiger charge is -2.11. The van der Waals surface area contributed by atoms with Gasteiger partial charge in [-0.05, 0) is 42.7 Å². The Balaban J connectivity index is 1.18. The summed E-state index contributed by atoms with van der Waals surface area (Å²) in [5.74, 6) is 0.801. The SMILES string of the molecule is Nc1ncc(-c2ccc(SC3CCOC3)c(Cl)c2)nc1-c1nnc(-c2ccc(CNC3CCOC3)cc2)o1. The van der Waals surface area contributed by atoms with Crippen molar-refractivity contribution in [2.45, 2.75) is 35.6 Å². The molecule has 0 radical (unpaired) electrons. The summed E-state index contributed by atoms with van der Waals surface area (Å²) >= 11 is 8.33. The van der Waals surface area contributed by atoms with E-state index < -0.39 is 0 Å². The highest BCUT2D eigenvalue weighted by Gasteiger charge is 2.20. The Morgan fingerprint density at radius 1 is 0.974 bits per heavy atom. The molecule has 2 fully saturated rings. The van der Waals surface area contributed by atoms with Gasteiger partial charge in [0.2, 0.25) is 5.89 Å². The predicted octanol–water partition coefficient (Wildman–Crippen LogP) is 4.86. The Morgan fingerprint density at radius 3 is 2.53 bits per heavy atom. The number of hydrogen-bond donors (Lipinski definition) is 2. The molecule has 0 aliphatic carbocycles. The highest BCUT2D eigenvalue weighted by atomic mass is 35.5. The van der Waals surface area contributed by atoms with Crippen LogP contribution in [0.2, 0.25) is 5.02 Å². The third-order valence-electron chi connectivity index (χ3n) is 6.56. The van der Waals surface area contributed by atoms with E-state index in [0.717, 1.165) is 61.8 Å². The van der Waals surface area contributed by atoms with E-state index in [2.05, 4.69) is 25.5 Å². The molecule has 4 heterocycles. The molecule has 2 aliphatic rings. The number of benzene rings is 2. The van der Waals surface area contributed by atoms with Gasteiger partial charge in [0.15, 0.2) is 11.5 Å². The number of nitrogens with zero attached hydrogens (tertiary/aromatic N) is 4. The molecule has 9 nitrogen and oxygen atoms in total. The van der Waals surface area contributed by atoms with Crippen molar-refractivity contribution in [1.29, 1.82) is 0 Å². The monoisotopic (exact) mass is 550 g/mol. The van der Waals surface area contributed by atoms with Crippen molar-refractivity contribution < 1.29 is 13.9 Å². The summed E-state index contributed by atoms with van der Waals surface area (Å²) in [7, 11) is 0. The average Bonchev–Trinajstić information content (AvgIpc) is 3.73. The van der Waals surface area contributed by atoms with Crippen LogP contribution < -0.4 is 11.1 Å². The molecule has 3 N–H and O–H groups in total. The lowest BCUT2D eigenvalue weighted by Crippen LogP contribution is -2.28. The molecular formula is C27H27ClN6O3S. The maximum absolute atomic E-state index is 6.60. The number of thioether (sulfide) groups is 1. The summed E-state index contributed by atoms with van der Waals surface area (Å²) in [6.07, 6.45) is 3.69. The van der Waals surface area contributed by atoms with E-state index in [1.807, 2.05) is 42.5 Å². The van der Waals surface area contributed by atoms with Crippen molar-refractivity contribution in [3.8, 4) is 34.3 Å². The van der Waals surface area contributed by atoms with E-state index in [1.165, 1.54) is 5.56 Å². The third-order valence-corrected chi connectivity index (χ3v) is 8.30. The smallest absolute Gasteiger partial charge is 0.270 e. The number of nitrogens with one attached hydrogen (secondary N) is 1. The van der Waals surface area contributed by atoms with Gasteiger partial charge in [-0.25, -0.2) is 9.97 Å². The molecule has 0 spiro atoms. The number of ether oxygens (including phenoxy) is 2. The minimum absolute atomic E-state index is 0.207. The summed E-state index contributed by atoms with van der Waals surface area (Å²) in [5.41, 5.74) is 9.89. The zero-order valence-electron chi connectivity index (χ0n) is 20.6. The van der Waals surface area contributed by atoms with Crippen LogP contribution in [-0.2, 0) is 16.0 Å².